The van der Waals surface area contributed by atoms with E-state index in [0.717, 1.165) is 10.5 Å². The average Bonchev–Trinajstić information content (AvgIpc) is 2.83. The summed E-state index contributed by atoms with van der Waals surface area (Å²) in [5.41, 5.74) is 1.39. The summed E-state index contributed by atoms with van der Waals surface area (Å²) in [5.74, 6) is 0.666. The van der Waals surface area contributed by atoms with Gasteiger partial charge in [-0.15, -0.1) is 11.8 Å². The summed E-state index contributed by atoms with van der Waals surface area (Å²) >= 11 is 1.66. The molecule has 33 heavy (non-hydrogen) atoms. The molecule has 0 saturated heterocycles. The molecule has 0 heterocycles. The van der Waals surface area contributed by atoms with E-state index in [-0.39, 0.29) is 23.5 Å². The summed E-state index contributed by atoms with van der Waals surface area (Å²) in [7, 11) is -2.27. The number of hydrogen-bond acceptors (Lipinski definition) is 6. The van der Waals surface area contributed by atoms with Crippen molar-refractivity contribution in [1.29, 1.82) is 0 Å². The Labute approximate surface area is 198 Å². The molecule has 1 amide bonds. The first-order chi connectivity index (χ1) is 15.8. The van der Waals surface area contributed by atoms with Gasteiger partial charge < -0.3 is 14.8 Å². The highest BCUT2D eigenvalue weighted by Gasteiger charge is 2.15. The van der Waals surface area contributed by atoms with E-state index in [1.165, 1.54) is 31.4 Å². The lowest BCUT2D eigenvalue weighted by Crippen LogP contribution is -2.31. The molecule has 0 aliphatic carbocycles. The Kier molecular flexibility index (Phi) is 8.24. The number of sulfonamides is 1. The van der Waals surface area contributed by atoms with Crippen molar-refractivity contribution < 1.29 is 22.7 Å². The van der Waals surface area contributed by atoms with Gasteiger partial charge in [-0.3, -0.25) is 9.52 Å². The van der Waals surface area contributed by atoms with Crippen molar-refractivity contribution in [2.75, 3.05) is 24.7 Å². The normalized spacial score (nSPS) is 12.0. The second-order valence-electron chi connectivity index (χ2n) is 7.16. The van der Waals surface area contributed by atoms with Crippen LogP contribution in [0.4, 0.5) is 5.69 Å². The van der Waals surface area contributed by atoms with E-state index >= 15 is 0 Å². The molecule has 3 aromatic carbocycles. The zero-order valence-corrected chi connectivity index (χ0v) is 20.2. The van der Waals surface area contributed by atoms with Crippen molar-refractivity contribution in [2.24, 2.45) is 0 Å². The molecule has 0 bridgehead atoms. The van der Waals surface area contributed by atoms with Crippen molar-refractivity contribution in [3.8, 4) is 11.5 Å². The first-order valence-corrected chi connectivity index (χ1v) is 12.8. The van der Waals surface area contributed by atoms with Crippen LogP contribution in [0.15, 0.2) is 82.6 Å². The van der Waals surface area contributed by atoms with Gasteiger partial charge in [0.25, 0.3) is 15.9 Å². The van der Waals surface area contributed by atoms with Gasteiger partial charge in [0.15, 0.2) is 6.61 Å². The maximum Gasteiger partial charge on any atom is 0.261 e. The summed E-state index contributed by atoms with van der Waals surface area (Å²) in [6.45, 7) is 1.72. The molecular formula is C24H26N2O5S2. The number of anilines is 1. The first-order valence-electron chi connectivity index (χ1n) is 10.1. The predicted octanol–water partition coefficient (Wildman–Crippen LogP) is 4.47. The third-order valence-corrected chi connectivity index (χ3v) is 6.96. The second-order valence-corrected chi connectivity index (χ2v) is 9.72. The minimum Gasteiger partial charge on any atom is -0.497 e. The molecule has 0 radical (unpaired) electrons. The van der Waals surface area contributed by atoms with Crippen LogP contribution in [-0.2, 0) is 14.8 Å². The lowest BCUT2D eigenvalue weighted by atomic mass is 10.1. The van der Waals surface area contributed by atoms with Gasteiger partial charge in [-0.05, 0) is 67.3 Å². The lowest BCUT2D eigenvalue weighted by Gasteiger charge is -2.15. The van der Waals surface area contributed by atoms with Crippen LogP contribution >= 0.6 is 11.8 Å². The number of hydrogen-bond donors (Lipinski definition) is 2. The molecule has 3 aromatic rings. The first kappa shape index (κ1) is 24.5. The van der Waals surface area contributed by atoms with Gasteiger partial charge in [0.1, 0.15) is 11.5 Å². The molecule has 0 fully saturated rings. The van der Waals surface area contributed by atoms with Crippen LogP contribution in [0.3, 0.4) is 0 Å². The van der Waals surface area contributed by atoms with Crippen molar-refractivity contribution in [3.63, 3.8) is 0 Å². The van der Waals surface area contributed by atoms with E-state index in [1.807, 2.05) is 37.4 Å². The molecule has 0 unspecified atom stereocenters. The van der Waals surface area contributed by atoms with Crippen LogP contribution in [0.2, 0.25) is 0 Å². The molecule has 0 spiro atoms. The average molecular weight is 487 g/mol. The third kappa shape index (κ3) is 6.90. The van der Waals surface area contributed by atoms with E-state index < -0.39 is 10.0 Å². The topological polar surface area (TPSA) is 93.7 Å². The summed E-state index contributed by atoms with van der Waals surface area (Å²) in [5, 5.41) is 2.89. The molecule has 2 N–H and O–H groups in total. The van der Waals surface area contributed by atoms with Gasteiger partial charge in [0, 0.05) is 11.0 Å². The molecule has 0 aliphatic heterocycles. The van der Waals surface area contributed by atoms with Gasteiger partial charge in [-0.1, -0.05) is 18.2 Å². The number of thioether (sulfide) groups is 1. The molecular weight excluding hydrogens is 460 g/mol. The van der Waals surface area contributed by atoms with Gasteiger partial charge in [-0.2, -0.15) is 0 Å². The van der Waals surface area contributed by atoms with Crippen molar-refractivity contribution >= 4 is 33.4 Å². The number of rotatable bonds is 10. The van der Waals surface area contributed by atoms with Crippen LogP contribution in [-0.4, -0.2) is 34.3 Å². The molecule has 7 nitrogen and oxygen atoms in total. The SMILES string of the molecule is COc1cccc(NS(=O)(=O)c2ccc(OCC(=O)N[C@H](C)c3ccc(SC)cc3)cc2)c1. The van der Waals surface area contributed by atoms with Gasteiger partial charge in [-0.25, -0.2) is 8.42 Å². The molecule has 0 aliphatic rings. The standard InChI is InChI=1S/C24H26N2O5S2/c1-17(18-7-11-22(32-3)12-8-18)25-24(27)16-31-20-9-13-23(14-10-20)33(28,29)26-19-5-4-6-21(15-19)30-2/h4-15,17,26H,16H2,1-3H3,(H,25,27)/t17-/m1/s1. The monoisotopic (exact) mass is 486 g/mol. The Hall–Kier alpha value is -3.17. The zero-order chi connectivity index (χ0) is 23.8. The highest BCUT2D eigenvalue weighted by Crippen LogP contribution is 2.22. The summed E-state index contributed by atoms with van der Waals surface area (Å²) in [6.07, 6.45) is 2.01. The Balaban J connectivity index is 1.54. The van der Waals surface area contributed by atoms with E-state index in [2.05, 4.69) is 10.0 Å². The van der Waals surface area contributed by atoms with Crippen molar-refractivity contribution in [3.05, 3.63) is 78.4 Å². The Morgan fingerprint density at radius 3 is 2.33 bits per heavy atom. The van der Waals surface area contributed by atoms with Gasteiger partial charge >= 0.3 is 0 Å². The largest absolute Gasteiger partial charge is 0.497 e. The molecule has 0 saturated carbocycles. The number of methoxy groups -OCH3 is 1. The number of ether oxygens (including phenoxy) is 2. The summed E-state index contributed by atoms with van der Waals surface area (Å²) in [6, 6.07) is 20.3. The second kappa shape index (κ2) is 11.1. The van der Waals surface area contributed by atoms with E-state index in [0.29, 0.717) is 17.2 Å². The Bertz CT molecular complexity index is 1180. The molecule has 1 atom stereocenters. The van der Waals surface area contributed by atoms with Crippen LogP contribution in [0.5, 0.6) is 11.5 Å². The molecule has 0 aromatic heterocycles. The number of benzene rings is 3. The highest BCUT2D eigenvalue weighted by molar-refractivity contribution is 7.98. The van der Waals surface area contributed by atoms with Crippen LogP contribution in [0.1, 0.15) is 18.5 Å². The fourth-order valence-electron chi connectivity index (χ4n) is 3.02. The maximum atomic E-state index is 12.6. The van der Waals surface area contributed by atoms with Crippen molar-refractivity contribution in [2.45, 2.75) is 22.8 Å². The number of amides is 1. The van der Waals surface area contributed by atoms with Gasteiger partial charge in [0.05, 0.1) is 23.7 Å². The fraction of sp³-hybridized carbons (Fsp3) is 0.208. The lowest BCUT2D eigenvalue weighted by molar-refractivity contribution is -0.123. The third-order valence-electron chi connectivity index (χ3n) is 4.82. The number of nitrogens with one attached hydrogen (secondary N) is 2. The van der Waals surface area contributed by atoms with Gasteiger partial charge in [0.2, 0.25) is 0 Å². The summed E-state index contributed by atoms with van der Waals surface area (Å²) < 4.78 is 38.4. The minimum atomic E-state index is -3.78. The number of carbonyl (C=O) groups excluding carboxylic acids is 1. The Morgan fingerprint density at radius 2 is 1.70 bits per heavy atom. The maximum absolute atomic E-state index is 12.6. The highest BCUT2D eigenvalue weighted by atomic mass is 32.2. The predicted molar refractivity (Wildman–Crippen MR) is 131 cm³/mol. The fourth-order valence-corrected chi connectivity index (χ4v) is 4.48. The zero-order valence-electron chi connectivity index (χ0n) is 18.6. The van der Waals surface area contributed by atoms with E-state index in [9.17, 15) is 13.2 Å². The molecule has 9 heteroatoms. The van der Waals surface area contributed by atoms with Crippen LogP contribution in [0, 0.1) is 0 Å². The Morgan fingerprint density at radius 1 is 1.00 bits per heavy atom. The molecule has 3 rings (SSSR count). The smallest absolute Gasteiger partial charge is 0.261 e. The summed E-state index contributed by atoms with van der Waals surface area (Å²) in [4.78, 5) is 13.5. The number of carbonyl (C=O) groups is 1. The molecule has 174 valence electrons. The quantitative estimate of drug-likeness (QED) is 0.411. The minimum absolute atomic E-state index is 0.0735. The van der Waals surface area contributed by atoms with Crippen LogP contribution in [0.25, 0.3) is 0 Å². The van der Waals surface area contributed by atoms with E-state index in [4.69, 9.17) is 9.47 Å². The van der Waals surface area contributed by atoms with Crippen molar-refractivity contribution in [1.82, 2.24) is 5.32 Å². The van der Waals surface area contributed by atoms with Crippen LogP contribution < -0.4 is 19.5 Å². The van der Waals surface area contributed by atoms with E-state index in [1.54, 1.807) is 36.0 Å².